The van der Waals surface area contributed by atoms with Crippen molar-refractivity contribution in [1.29, 1.82) is 0 Å². The van der Waals surface area contributed by atoms with Crippen LogP contribution in [0.15, 0.2) is 54.7 Å². The smallest absolute Gasteiger partial charge is 0.323 e. The number of rotatable bonds is 4. The molecule has 2 N–H and O–H groups in total. The summed E-state index contributed by atoms with van der Waals surface area (Å²) in [4.78, 5) is 11.6. The minimum atomic E-state index is -0.409. The fourth-order valence-corrected chi connectivity index (χ4v) is 1.66. The van der Waals surface area contributed by atoms with Gasteiger partial charge in [-0.3, -0.25) is 0 Å². The summed E-state index contributed by atoms with van der Waals surface area (Å²) in [6.07, 6.45) is 2.88. The number of nitrogens with one attached hydrogen (secondary N) is 2. The summed E-state index contributed by atoms with van der Waals surface area (Å²) in [6, 6.07) is 12.8. The minimum absolute atomic E-state index is 0.342. The highest BCUT2D eigenvalue weighted by Crippen LogP contribution is 2.14. The Bertz CT molecular complexity index is 639. The molecule has 2 aromatic rings. The average Bonchev–Trinajstić information content (AvgIpc) is 2.50. The Labute approximate surface area is 122 Å². The zero-order chi connectivity index (χ0) is 15.1. The zero-order valence-electron chi connectivity index (χ0n) is 11.5. The number of amides is 2. The number of carbonyl (C=O) groups excluding carboxylic acids is 1. The number of halogens is 1. The van der Waals surface area contributed by atoms with Gasteiger partial charge in [0.1, 0.15) is 11.6 Å². The highest BCUT2D eigenvalue weighted by molar-refractivity contribution is 5.90. The van der Waals surface area contributed by atoms with Gasteiger partial charge < -0.3 is 15.4 Å². The monoisotopic (exact) mass is 286 g/mol. The lowest BCUT2D eigenvalue weighted by Crippen LogP contribution is -2.23. The number of hydrogen-bond acceptors (Lipinski definition) is 2. The van der Waals surface area contributed by atoms with Crippen molar-refractivity contribution in [2.45, 2.75) is 0 Å². The third-order valence-electron chi connectivity index (χ3n) is 2.73. The summed E-state index contributed by atoms with van der Waals surface area (Å²) >= 11 is 0. The van der Waals surface area contributed by atoms with E-state index < -0.39 is 6.03 Å². The van der Waals surface area contributed by atoms with Crippen LogP contribution in [0.1, 0.15) is 5.56 Å². The molecule has 2 amide bonds. The van der Waals surface area contributed by atoms with Gasteiger partial charge in [0.2, 0.25) is 0 Å². The second kappa shape index (κ2) is 7.09. The molecule has 0 aliphatic rings. The lowest BCUT2D eigenvalue weighted by atomic mass is 10.2. The van der Waals surface area contributed by atoms with Crippen LogP contribution in [0.4, 0.5) is 14.9 Å². The topological polar surface area (TPSA) is 50.4 Å². The van der Waals surface area contributed by atoms with Crippen molar-refractivity contribution in [3.63, 3.8) is 0 Å². The van der Waals surface area contributed by atoms with Crippen LogP contribution in [-0.4, -0.2) is 13.1 Å². The molecule has 0 atom stereocenters. The van der Waals surface area contributed by atoms with Gasteiger partial charge in [0, 0.05) is 17.5 Å². The van der Waals surface area contributed by atoms with E-state index in [0.717, 1.165) is 0 Å². The average molecular weight is 286 g/mol. The predicted molar refractivity (Wildman–Crippen MR) is 80.6 cm³/mol. The van der Waals surface area contributed by atoms with Gasteiger partial charge in [0.25, 0.3) is 0 Å². The fraction of sp³-hybridized carbons (Fsp3) is 0.0625. The van der Waals surface area contributed by atoms with E-state index in [4.69, 9.17) is 4.74 Å². The molecule has 0 radical (unpaired) electrons. The first kappa shape index (κ1) is 14.6. The maximum absolute atomic E-state index is 13.3. The lowest BCUT2D eigenvalue weighted by molar-refractivity contribution is 0.255. The molecule has 0 saturated heterocycles. The zero-order valence-corrected chi connectivity index (χ0v) is 11.5. The normalized spacial score (nSPS) is 10.4. The van der Waals surface area contributed by atoms with Crippen molar-refractivity contribution < 1.29 is 13.9 Å². The van der Waals surface area contributed by atoms with Crippen molar-refractivity contribution in [1.82, 2.24) is 5.32 Å². The predicted octanol–water partition coefficient (Wildman–Crippen LogP) is 3.63. The van der Waals surface area contributed by atoms with E-state index in [1.165, 1.54) is 18.3 Å². The molecule has 0 fully saturated rings. The highest BCUT2D eigenvalue weighted by atomic mass is 19.1. The largest absolute Gasteiger partial charge is 0.497 e. The number of hydrogen-bond donors (Lipinski definition) is 2. The maximum Gasteiger partial charge on any atom is 0.323 e. The highest BCUT2D eigenvalue weighted by Gasteiger charge is 2.00. The van der Waals surface area contributed by atoms with Crippen molar-refractivity contribution in [3.8, 4) is 5.75 Å². The Morgan fingerprint density at radius 1 is 1.14 bits per heavy atom. The van der Waals surface area contributed by atoms with Crippen LogP contribution in [0.3, 0.4) is 0 Å². The van der Waals surface area contributed by atoms with Crippen LogP contribution in [-0.2, 0) is 0 Å². The molecule has 0 aliphatic heterocycles. The summed E-state index contributed by atoms with van der Waals surface area (Å²) in [5, 5.41) is 5.15. The van der Waals surface area contributed by atoms with Crippen molar-refractivity contribution in [2.24, 2.45) is 0 Å². The molecule has 0 bridgehead atoms. The van der Waals surface area contributed by atoms with Crippen LogP contribution >= 0.6 is 0 Å². The summed E-state index contributed by atoms with van der Waals surface area (Å²) in [5.41, 5.74) is 1.04. The molecule has 21 heavy (non-hydrogen) atoms. The van der Waals surface area contributed by atoms with E-state index in [1.807, 2.05) is 0 Å². The molecule has 0 aromatic heterocycles. The number of carbonyl (C=O) groups is 1. The van der Waals surface area contributed by atoms with E-state index in [0.29, 0.717) is 17.0 Å². The van der Waals surface area contributed by atoms with Gasteiger partial charge in [-0.25, -0.2) is 9.18 Å². The molecule has 0 unspecified atom stereocenters. The Balaban J connectivity index is 1.88. The van der Waals surface area contributed by atoms with E-state index in [-0.39, 0.29) is 5.82 Å². The van der Waals surface area contributed by atoms with Crippen molar-refractivity contribution in [2.75, 3.05) is 12.4 Å². The third-order valence-corrected chi connectivity index (χ3v) is 2.73. The summed E-state index contributed by atoms with van der Waals surface area (Å²) in [5.74, 6) is 0.367. The molecule has 108 valence electrons. The van der Waals surface area contributed by atoms with E-state index in [9.17, 15) is 9.18 Å². The number of benzene rings is 2. The van der Waals surface area contributed by atoms with E-state index >= 15 is 0 Å². The van der Waals surface area contributed by atoms with Crippen LogP contribution in [0, 0.1) is 5.82 Å². The molecule has 4 nitrogen and oxygen atoms in total. The Morgan fingerprint density at radius 3 is 2.52 bits per heavy atom. The van der Waals surface area contributed by atoms with Gasteiger partial charge in [0.05, 0.1) is 7.11 Å². The van der Waals surface area contributed by atoms with Gasteiger partial charge in [-0.15, -0.1) is 0 Å². The van der Waals surface area contributed by atoms with Crippen LogP contribution < -0.4 is 15.4 Å². The molecule has 0 saturated carbocycles. The molecular weight excluding hydrogens is 271 g/mol. The molecule has 2 aromatic carbocycles. The molecule has 0 heterocycles. The van der Waals surface area contributed by atoms with Crippen LogP contribution in [0.2, 0.25) is 0 Å². The van der Waals surface area contributed by atoms with Gasteiger partial charge in [-0.2, -0.15) is 0 Å². The summed E-state index contributed by atoms with van der Waals surface area (Å²) in [7, 11) is 1.57. The standard InChI is InChI=1S/C16H15FN2O2/c1-21-14-8-6-13(7-9-14)19-16(20)18-11-10-12-4-2-3-5-15(12)17/h2-11H,1H3,(H2,18,19,20)/b11-10+. The van der Waals surface area contributed by atoms with Crippen LogP contribution in [0.25, 0.3) is 6.08 Å². The Morgan fingerprint density at radius 2 is 1.86 bits per heavy atom. The first-order valence-corrected chi connectivity index (χ1v) is 6.31. The molecule has 2 rings (SSSR count). The number of anilines is 1. The SMILES string of the molecule is COc1ccc(NC(=O)N/C=C/c2ccccc2F)cc1. The first-order valence-electron chi connectivity index (χ1n) is 6.31. The Hall–Kier alpha value is -2.82. The molecule has 5 heteroatoms. The second-order valence-electron chi connectivity index (χ2n) is 4.18. The molecule has 0 aliphatic carbocycles. The van der Waals surface area contributed by atoms with Gasteiger partial charge in [0.15, 0.2) is 0 Å². The second-order valence-corrected chi connectivity index (χ2v) is 4.18. The van der Waals surface area contributed by atoms with Gasteiger partial charge >= 0.3 is 6.03 Å². The summed E-state index contributed by atoms with van der Waals surface area (Å²) in [6.45, 7) is 0. The third kappa shape index (κ3) is 4.35. The van der Waals surface area contributed by atoms with E-state index in [2.05, 4.69) is 10.6 Å². The van der Waals surface area contributed by atoms with E-state index in [1.54, 1.807) is 49.6 Å². The molecular formula is C16H15FN2O2. The number of urea groups is 1. The van der Waals surface area contributed by atoms with Crippen molar-refractivity contribution in [3.05, 3.63) is 66.1 Å². The minimum Gasteiger partial charge on any atom is -0.497 e. The summed E-state index contributed by atoms with van der Waals surface area (Å²) < 4.78 is 18.4. The number of methoxy groups -OCH3 is 1. The molecule has 0 spiro atoms. The lowest BCUT2D eigenvalue weighted by Gasteiger charge is -2.05. The number of ether oxygens (including phenoxy) is 1. The Kier molecular flexibility index (Phi) is 4.93. The van der Waals surface area contributed by atoms with Gasteiger partial charge in [-0.05, 0) is 36.4 Å². The maximum atomic E-state index is 13.3. The van der Waals surface area contributed by atoms with Crippen LogP contribution in [0.5, 0.6) is 5.75 Å². The van der Waals surface area contributed by atoms with Gasteiger partial charge in [-0.1, -0.05) is 18.2 Å². The van der Waals surface area contributed by atoms with Crippen molar-refractivity contribution >= 4 is 17.8 Å². The quantitative estimate of drug-likeness (QED) is 0.901. The first-order chi connectivity index (χ1) is 10.2. The fourth-order valence-electron chi connectivity index (χ4n) is 1.66.